The number of halogens is 1. The molecule has 1 fully saturated rings. The number of carboxylic acids is 1. The zero-order chi connectivity index (χ0) is 15.0. The molecule has 8 heteroatoms. The molecule has 1 saturated heterocycles. The van der Waals surface area contributed by atoms with Crippen LogP contribution in [0, 0.1) is 5.82 Å². The summed E-state index contributed by atoms with van der Waals surface area (Å²) in [5.41, 5.74) is 0.751. The molecule has 0 radical (unpaired) electrons. The minimum atomic E-state index is -1.08. The van der Waals surface area contributed by atoms with Gasteiger partial charge in [0, 0.05) is 19.1 Å². The van der Waals surface area contributed by atoms with Crippen molar-refractivity contribution in [1.82, 2.24) is 24.9 Å². The van der Waals surface area contributed by atoms with E-state index < -0.39 is 5.97 Å². The van der Waals surface area contributed by atoms with Gasteiger partial charge < -0.3 is 5.11 Å². The molecular weight excluding hydrogens is 277 g/mol. The van der Waals surface area contributed by atoms with E-state index in [9.17, 15) is 9.18 Å². The number of rotatable bonds is 4. The molecule has 1 unspecified atom stereocenters. The van der Waals surface area contributed by atoms with Crippen molar-refractivity contribution in [3.05, 3.63) is 41.7 Å². The van der Waals surface area contributed by atoms with Gasteiger partial charge in [0.05, 0.1) is 24.1 Å². The summed E-state index contributed by atoms with van der Waals surface area (Å²) in [5.74, 6) is -1.43. The van der Waals surface area contributed by atoms with E-state index in [1.165, 1.54) is 18.5 Å². The first-order valence-corrected chi connectivity index (χ1v) is 6.55. The number of aromatic nitrogens is 4. The smallest absolute Gasteiger partial charge is 0.358 e. The second-order valence-corrected chi connectivity index (χ2v) is 5.07. The van der Waals surface area contributed by atoms with Crippen LogP contribution in [0.25, 0.3) is 0 Å². The average Bonchev–Trinajstić information content (AvgIpc) is 2.87. The largest absolute Gasteiger partial charge is 0.476 e. The lowest BCUT2D eigenvalue weighted by Crippen LogP contribution is -2.49. The van der Waals surface area contributed by atoms with Crippen LogP contribution in [-0.4, -0.2) is 49.0 Å². The summed E-state index contributed by atoms with van der Waals surface area (Å²) in [6.45, 7) is 3.45. The average molecular weight is 291 g/mol. The minimum absolute atomic E-state index is 0.0540. The van der Waals surface area contributed by atoms with E-state index in [1.807, 2.05) is 6.92 Å². The Morgan fingerprint density at radius 1 is 1.48 bits per heavy atom. The van der Waals surface area contributed by atoms with Crippen molar-refractivity contribution in [3.8, 4) is 0 Å². The van der Waals surface area contributed by atoms with Crippen LogP contribution in [0.15, 0.2) is 24.5 Å². The number of carbonyl (C=O) groups is 1. The third-order valence-electron chi connectivity index (χ3n) is 3.72. The van der Waals surface area contributed by atoms with Gasteiger partial charge in [0.25, 0.3) is 0 Å². The topological polar surface area (TPSA) is 84.1 Å². The Kier molecular flexibility index (Phi) is 3.38. The van der Waals surface area contributed by atoms with Crippen molar-refractivity contribution < 1.29 is 14.3 Å². The van der Waals surface area contributed by atoms with Gasteiger partial charge in [0.2, 0.25) is 0 Å². The highest BCUT2D eigenvalue weighted by atomic mass is 19.1. The van der Waals surface area contributed by atoms with Gasteiger partial charge in [-0.1, -0.05) is 5.21 Å². The fourth-order valence-electron chi connectivity index (χ4n) is 2.35. The Morgan fingerprint density at radius 3 is 2.81 bits per heavy atom. The molecule has 7 nitrogen and oxygen atoms in total. The molecule has 21 heavy (non-hydrogen) atoms. The summed E-state index contributed by atoms with van der Waals surface area (Å²) in [6.07, 6.45) is 2.64. The highest BCUT2D eigenvalue weighted by Crippen LogP contribution is 2.29. The quantitative estimate of drug-likeness (QED) is 0.909. The van der Waals surface area contributed by atoms with Crippen LogP contribution < -0.4 is 0 Å². The highest BCUT2D eigenvalue weighted by molar-refractivity contribution is 5.84. The maximum Gasteiger partial charge on any atom is 0.358 e. The lowest BCUT2D eigenvalue weighted by molar-refractivity contribution is 0.0568. The minimum Gasteiger partial charge on any atom is -0.476 e. The number of aromatic carboxylic acids is 1. The van der Waals surface area contributed by atoms with E-state index in [0.29, 0.717) is 0 Å². The van der Waals surface area contributed by atoms with Crippen molar-refractivity contribution in [3.63, 3.8) is 0 Å². The first kappa shape index (κ1) is 13.6. The van der Waals surface area contributed by atoms with Crippen LogP contribution in [0.5, 0.6) is 0 Å². The third-order valence-corrected chi connectivity index (χ3v) is 3.72. The van der Waals surface area contributed by atoms with Crippen molar-refractivity contribution >= 4 is 5.97 Å². The molecule has 0 aromatic carbocycles. The predicted octanol–water partition coefficient (Wildman–Crippen LogP) is 1.13. The molecule has 0 bridgehead atoms. The molecule has 110 valence electrons. The molecule has 3 heterocycles. The number of pyridine rings is 1. The van der Waals surface area contributed by atoms with E-state index in [0.717, 1.165) is 18.8 Å². The Labute approximate surface area is 120 Å². The molecule has 1 atom stereocenters. The van der Waals surface area contributed by atoms with E-state index in [4.69, 9.17) is 5.11 Å². The standard InChI is InChI=1S/C13H14FN5O2/c1-8(11-3-2-9(14)4-15-11)18-5-10(6-18)19-7-12(13(20)21)16-17-19/h2-4,7-8,10H,5-6H2,1H3,(H,20,21). The normalized spacial score (nSPS) is 17.4. The SMILES string of the molecule is CC(c1ccc(F)cn1)N1CC(n2cc(C(=O)O)nn2)C1. The second-order valence-electron chi connectivity index (χ2n) is 5.07. The highest BCUT2D eigenvalue weighted by Gasteiger charge is 2.33. The molecule has 0 saturated carbocycles. The molecule has 1 aliphatic rings. The fraction of sp³-hybridized carbons (Fsp3) is 0.385. The van der Waals surface area contributed by atoms with Gasteiger partial charge in [-0.3, -0.25) is 9.88 Å². The summed E-state index contributed by atoms with van der Waals surface area (Å²) in [6, 6.07) is 3.25. The zero-order valence-corrected chi connectivity index (χ0v) is 11.3. The molecular formula is C13H14FN5O2. The number of likely N-dealkylation sites (tertiary alicyclic amines) is 1. The summed E-state index contributed by atoms with van der Waals surface area (Å²) in [7, 11) is 0. The third kappa shape index (κ3) is 2.62. The maximum absolute atomic E-state index is 12.9. The summed E-state index contributed by atoms with van der Waals surface area (Å²) in [4.78, 5) is 17.0. The van der Waals surface area contributed by atoms with E-state index in [-0.39, 0.29) is 23.6 Å². The number of carboxylic acid groups (broad SMARTS) is 1. The molecule has 3 rings (SSSR count). The lowest BCUT2D eigenvalue weighted by Gasteiger charge is -2.42. The van der Waals surface area contributed by atoms with Gasteiger partial charge in [-0.15, -0.1) is 5.10 Å². The van der Waals surface area contributed by atoms with Crippen molar-refractivity contribution in [1.29, 1.82) is 0 Å². The Bertz CT molecular complexity index is 651. The molecule has 2 aromatic heterocycles. The van der Waals surface area contributed by atoms with Crippen LogP contribution in [-0.2, 0) is 0 Å². The Hall–Kier alpha value is -2.35. The van der Waals surface area contributed by atoms with E-state index in [2.05, 4.69) is 20.2 Å². The van der Waals surface area contributed by atoms with E-state index in [1.54, 1.807) is 10.7 Å². The van der Waals surface area contributed by atoms with Gasteiger partial charge in [-0.05, 0) is 19.1 Å². The molecule has 0 amide bonds. The van der Waals surface area contributed by atoms with Crippen molar-refractivity contribution in [2.45, 2.75) is 19.0 Å². The molecule has 2 aromatic rings. The Balaban J connectivity index is 1.62. The molecule has 0 spiro atoms. The summed E-state index contributed by atoms with van der Waals surface area (Å²) >= 11 is 0. The van der Waals surface area contributed by atoms with Crippen molar-refractivity contribution in [2.24, 2.45) is 0 Å². The molecule has 1 N–H and O–H groups in total. The second kappa shape index (κ2) is 5.21. The van der Waals surface area contributed by atoms with Gasteiger partial charge in [0.15, 0.2) is 5.69 Å². The monoisotopic (exact) mass is 291 g/mol. The fourth-order valence-corrected chi connectivity index (χ4v) is 2.35. The van der Waals surface area contributed by atoms with E-state index >= 15 is 0 Å². The lowest BCUT2D eigenvalue weighted by atomic mass is 10.0. The summed E-state index contributed by atoms with van der Waals surface area (Å²) in [5, 5.41) is 16.2. The zero-order valence-electron chi connectivity index (χ0n) is 11.3. The van der Waals surface area contributed by atoms with Crippen molar-refractivity contribution in [2.75, 3.05) is 13.1 Å². The van der Waals surface area contributed by atoms with Gasteiger partial charge >= 0.3 is 5.97 Å². The summed E-state index contributed by atoms with van der Waals surface area (Å²) < 4.78 is 14.4. The number of nitrogens with zero attached hydrogens (tertiary/aromatic N) is 5. The van der Waals surface area contributed by atoms with Crippen LogP contribution in [0.3, 0.4) is 0 Å². The van der Waals surface area contributed by atoms with Crippen LogP contribution in [0.2, 0.25) is 0 Å². The number of hydrogen-bond donors (Lipinski definition) is 1. The van der Waals surface area contributed by atoms with Gasteiger partial charge in [0.1, 0.15) is 5.82 Å². The first-order chi connectivity index (χ1) is 10.0. The first-order valence-electron chi connectivity index (χ1n) is 6.55. The van der Waals surface area contributed by atoms with Gasteiger partial charge in [-0.25, -0.2) is 13.9 Å². The predicted molar refractivity (Wildman–Crippen MR) is 70.2 cm³/mol. The molecule has 0 aliphatic carbocycles. The Morgan fingerprint density at radius 2 is 2.24 bits per heavy atom. The van der Waals surface area contributed by atoms with Crippen LogP contribution in [0.1, 0.15) is 35.2 Å². The maximum atomic E-state index is 12.9. The van der Waals surface area contributed by atoms with Crippen LogP contribution >= 0.6 is 0 Å². The number of hydrogen-bond acceptors (Lipinski definition) is 5. The van der Waals surface area contributed by atoms with Crippen LogP contribution in [0.4, 0.5) is 4.39 Å². The molecule has 1 aliphatic heterocycles. The van der Waals surface area contributed by atoms with Gasteiger partial charge in [-0.2, -0.15) is 0 Å².